The zero-order valence-electron chi connectivity index (χ0n) is 19.7. The van der Waals surface area contributed by atoms with E-state index in [9.17, 15) is 18.0 Å². The summed E-state index contributed by atoms with van der Waals surface area (Å²) in [6.07, 6.45) is 0.434. The predicted molar refractivity (Wildman–Crippen MR) is 133 cm³/mol. The van der Waals surface area contributed by atoms with E-state index in [4.69, 9.17) is 0 Å². The van der Waals surface area contributed by atoms with Crippen molar-refractivity contribution in [1.82, 2.24) is 24.5 Å². The maximum atomic E-state index is 13.0. The summed E-state index contributed by atoms with van der Waals surface area (Å²) in [6.45, 7) is 1.86. The zero-order chi connectivity index (χ0) is 26.2. The molecule has 0 radical (unpaired) electrons. The number of benzene rings is 2. The second-order valence-corrected chi connectivity index (χ2v) is 8.35. The Labute approximate surface area is 209 Å². The zero-order valence-corrected chi connectivity index (χ0v) is 19.7. The molecule has 0 spiro atoms. The van der Waals surface area contributed by atoms with Gasteiger partial charge in [-0.3, -0.25) is 9.78 Å². The normalized spacial score (nSPS) is 11.5. The average Bonchev–Trinajstić information content (AvgIpc) is 3.26. The average molecular weight is 503 g/mol. The number of imidazole rings is 1. The third-order valence-electron chi connectivity index (χ3n) is 5.68. The minimum atomic E-state index is -4.51. The minimum Gasteiger partial charge on any atom is -0.338 e. The van der Waals surface area contributed by atoms with Gasteiger partial charge in [-0.1, -0.05) is 12.1 Å². The number of nitrogens with zero attached hydrogens (tertiary/aromatic N) is 5. The van der Waals surface area contributed by atoms with Crippen molar-refractivity contribution in [2.45, 2.75) is 13.1 Å². The summed E-state index contributed by atoms with van der Waals surface area (Å²) >= 11 is 0. The largest absolute Gasteiger partial charge is 0.416 e. The van der Waals surface area contributed by atoms with E-state index in [2.05, 4.69) is 30.6 Å². The Bertz CT molecular complexity index is 1610. The van der Waals surface area contributed by atoms with Crippen LogP contribution in [-0.4, -0.2) is 30.4 Å². The van der Waals surface area contributed by atoms with Crippen LogP contribution in [0.25, 0.3) is 22.6 Å². The van der Waals surface area contributed by atoms with E-state index in [1.807, 2.05) is 20.0 Å². The maximum absolute atomic E-state index is 13.0. The molecule has 0 fully saturated rings. The molecule has 2 N–H and O–H groups in total. The molecular weight excluding hydrogens is 483 g/mol. The van der Waals surface area contributed by atoms with Crippen molar-refractivity contribution in [1.29, 1.82) is 0 Å². The molecule has 37 heavy (non-hydrogen) atoms. The van der Waals surface area contributed by atoms with Crippen molar-refractivity contribution in [2.24, 2.45) is 7.05 Å². The number of aromatic nitrogens is 5. The van der Waals surface area contributed by atoms with E-state index < -0.39 is 17.6 Å². The van der Waals surface area contributed by atoms with Gasteiger partial charge >= 0.3 is 6.18 Å². The first-order valence-corrected chi connectivity index (χ1v) is 11.1. The molecule has 11 heteroatoms. The lowest BCUT2D eigenvalue weighted by Gasteiger charge is -2.13. The Balaban J connectivity index is 1.47. The number of anilines is 3. The highest BCUT2D eigenvalue weighted by Crippen LogP contribution is 2.31. The molecule has 8 nitrogen and oxygen atoms in total. The molecule has 1 amide bonds. The molecule has 3 heterocycles. The monoisotopic (exact) mass is 503 g/mol. The number of nitrogens with one attached hydrogen (secondary N) is 2. The Hall–Kier alpha value is -4.80. The van der Waals surface area contributed by atoms with Gasteiger partial charge < -0.3 is 15.2 Å². The van der Waals surface area contributed by atoms with Gasteiger partial charge in [-0.2, -0.15) is 13.2 Å². The molecule has 5 rings (SSSR count). The van der Waals surface area contributed by atoms with Crippen LogP contribution in [0.2, 0.25) is 0 Å². The topological polar surface area (TPSA) is 97.6 Å². The second kappa shape index (κ2) is 9.34. The highest BCUT2D eigenvalue weighted by atomic mass is 19.4. The summed E-state index contributed by atoms with van der Waals surface area (Å²) in [7, 11) is 1.82. The van der Waals surface area contributed by atoms with Gasteiger partial charge in [-0.15, -0.1) is 0 Å². The SMILES string of the molecule is Cc1ccc(C(=O)Nc2cccc(C(F)(F)F)c2)cc1Nc1nc(-c2cccnc2)nc2c1ncn2C. The van der Waals surface area contributed by atoms with E-state index in [1.165, 1.54) is 12.1 Å². The quantitative estimate of drug-likeness (QED) is 0.317. The summed E-state index contributed by atoms with van der Waals surface area (Å²) in [5, 5.41) is 5.78. The van der Waals surface area contributed by atoms with Gasteiger partial charge in [0.15, 0.2) is 22.8 Å². The molecular formula is C26H20F3N7O. The second-order valence-electron chi connectivity index (χ2n) is 8.35. The number of aryl methyl sites for hydroxylation is 2. The van der Waals surface area contributed by atoms with E-state index in [0.29, 0.717) is 28.5 Å². The maximum Gasteiger partial charge on any atom is 0.416 e. The van der Waals surface area contributed by atoms with Crippen LogP contribution < -0.4 is 10.6 Å². The van der Waals surface area contributed by atoms with Crippen LogP contribution in [-0.2, 0) is 13.2 Å². The van der Waals surface area contributed by atoms with E-state index >= 15 is 0 Å². The van der Waals surface area contributed by atoms with Crippen molar-refractivity contribution in [3.8, 4) is 11.4 Å². The van der Waals surface area contributed by atoms with Crippen molar-refractivity contribution < 1.29 is 18.0 Å². The summed E-state index contributed by atoms with van der Waals surface area (Å²) in [4.78, 5) is 30.7. The summed E-state index contributed by atoms with van der Waals surface area (Å²) < 4.78 is 40.9. The van der Waals surface area contributed by atoms with Crippen molar-refractivity contribution in [3.05, 3.63) is 90.0 Å². The number of amides is 1. The van der Waals surface area contributed by atoms with Gasteiger partial charge in [0.2, 0.25) is 0 Å². The number of hydrogen-bond acceptors (Lipinski definition) is 6. The molecule has 2 aromatic carbocycles. The van der Waals surface area contributed by atoms with Crippen LogP contribution in [0.3, 0.4) is 0 Å². The smallest absolute Gasteiger partial charge is 0.338 e. The van der Waals surface area contributed by atoms with Crippen LogP contribution in [0.15, 0.2) is 73.3 Å². The van der Waals surface area contributed by atoms with Gasteiger partial charge in [0.25, 0.3) is 5.91 Å². The number of alkyl halides is 3. The van der Waals surface area contributed by atoms with Crippen LogP contribution in [0, 0.1) is 6.92 Å². The molecule has 0 saturated heterocycles. The Morgan fingerprint density at radius 2 is 1.86 bits per heavy atom. The van der Waals surface area contributed by atoms with Crippen molar-refractivity contribution in [2.75, 3.05) is 10.6 Å². The van der Waals surface area contributed by atoms with Crippen LogP contribution in [0.5, 0.6) is 0 Å². The molecule has 0 aliphatic carbocycles. The molecule has 5 aromatic rings. The Kier molecular flexibility index (Phi) is 6.04. The standard InChI is InChI=1S/C26H20F3N7O/c1-15-8-9-16(25(37)32-19-7-3-6-18(12-19)26(27,28)29)11-20(15)33-23-21-24(36(2)14-31-21)35-22(34-23)17-5-4-10-30-13-17/h3-14H,1-2H3,(H,32,37)(H,33,34,35). The number of carbonyl (C=O) groups excluding carboxylic acids is 1. The number of carbonyl (C=O) groups is 1. The molecule has 0 bridgehead atoms. The fraction of sp³-hybridized carbons (Fsp3) is 0.115. The van der Waals surface area contributed by atoms with E-state index in [1.54, 1.807) is 47.6 Å². The number of pyridine rings is 1. The lowest BCUT2D eigenvalue weighted by Crippen LogP contribution is -2.13. The van der Waals surface area contributed by atoms with Gasteiger partial charge in [0.1, 0.15) is 0 Å². The third kappa shape index (κ3) is 4.96. The van der Waals surface area contributed by atoms with Crippen molar-refractivity contribution in [3.63, 3.8) is 0 Å². The summed E-state index contributed by atoms with van der Waals surface area (Å²) in [5.74, 6) is 0.329. The first kappa shape index (κ1) is 23.9. The molecule has 0 unspecified atom stereocenters. The predicted octanol–water partition coefficient (Wildman–Crippen LogP) is 5.75. The van der Waals surface area contributed by atoms with Crippen LogP contribution in [0.1, 0.15) is 21.5 Å². The van der Waals surface area contributed by atoms with Crippen LogP contribution in [0.4, 0.5) is 30.4 Å². The highest BCUT2D eigenvalue weighted by Gasteiger charge is 2.30. The van der Waals surface area contributed by atoms with Crippen LogP contribution >= 0.6 is 0 Å². The summed E-state index contributed by atoms with van der Waals surface area (Å²) in [6, 6.07) is 13.1. The number of rotatable bonds is 5. The molecule has 0 aliphatic heterocycles. The lowest BCUT2D eigenvalue weighted by atomic mass is 10.1. The molecule has 3 aromatic heterocycles. The van der Waals surface area contributed by atoms with Crippen molar-refractivity contribution >= 4 is 34.3 Å². The molecule has 0 atom stereocenters. The molecule has 186 valence electrons. The Morgan fingerprint density at radius 1 is 1.03 bits per heavy atom. The fourth-order valence-electron chi connectivity index (χ4n) is 3.72. The molecule has 0 saturated carbocycles. The Morgan fingerprint density at radius 3 is 2.62 bits per heavy atom. The van der Waals surface area contributed by atoms with E-state index in [0.717, 1.165) is 23.3 Å². The van der Waals surface area contributed by atoms with E-state index in [-0.39, 0.29) is 11.3 Å². The van der Waals surface area contributed by atoms with Gasteiger partial charge in [0.05, 0.1) is 11.9 Å². The lowest BCUT2D eigenvalue weighted by molar-refractivity contribution is -0.137. The first-order chi connectivity index (χ1) is 17.7. The van der Waals surface area contributed by atoms with Gasteiger partial charge in [-0.25, -0.2) is 15.0 Å². The molecule has 0 aliphatic rings. The third-order valence-corrected chi connectivity index (χ3v) is 5.68. The first-order valence-electron chi connectivity index (χ1n) is 11.1. The number of fused-ring (bicyclic) bond motifs is 1. The fourth-order valence-corrected chi connectivity index (χ4v) is 3.72. The summed E-state index contributed by atoms with van der Waals surface area (Å²) in [5.41, 5.74) is 2.72. The van der Waals surface area contributed by atoms with Gasteiger partial charge in [0, 0.05) is 41.9 Å². The number of hydrogen-bond donors (Lipinski definition) is 2. The minimum absolute atomic E-state index is 0.0435. The number of halogens is 3. The van der Waals surface area contributed by atoms with Gasteiger partial charge in [-0.05, 0) is 55.0 Å². The highest BCUT2D eigenvalue weighted by molar-refractivity contribution is 6.05.